The number of hydrogen-bond acceptors (Lipinski definition) is 5. The van der Waals surface area contributed by atoms with Gasteiger partial charge in [-0.15, -0.1) is 10.2 Å². The molecule has 0 fully saturated rings. The predicted octanol–water partition coefficient (Wildman–Crippen LogP) is 5.29. The zero-order valence-corrected chi connectivity index (χ0v) is 19.0. The summed E-state index contributed by atoms with van der Waals surface area (Å²) in [6.07, 6.45) is 0. The number of rotatable bonds is 7. The minimum atomic E-state index is -0.0922. The maximum atomic E-state index is 12.6. The minimum absolute atomic E-state index is 0.0922. The highest BCUT2D eigenvalue weighted by molar-refractivity contribution is 7.99. The molecule has 1 aromatic heterocycles. The van der Waals surface area contributed by atoms with E-state index >= 15 is 0 Å². The lowest BCUT2D eigenvalue weighted by Crippen LogP contribution is -2.15. The summed E-state index contributed by atoms with van der Waals surface area (Å²) in [6.45, 7) is 4.02. The van der Waals surface area contributed by atoms with Gasteiger partial charge in [-0.1, -0.05) is 59.8 Å². The molecule has 0 atom stereocenters. The molecular formula is C25H24N4O2S. The molecule has 0 aliphatic heterocycles. The fourth-order valence-electron chi connectivity index (χ4n) is 3.25. The van der Waals surface area contributed by atoms with Gasteiger partial charge in [0.1, 0.15) is 5.75 Å². The van der Waals surface area contributed by atoms with Crippen molar-refractivity contribution in [2.75, 3.05) is 18.2 Å². The number of amides is 1. The number of nitrogens with one attached hydrogen (secondary N) is 1. The molecule has 0 spiro atoms. The van der Waals surface area contributed by atoms with Gasteiger partial charge in [0.05, 0.1) is 12.9 Å². The molecule has 0 saturated carbocycles. The molecule has 6 nitrogen and oxygen atoms in total. The van der Waals surface area contributed by atoms with Crippen molar-refractivity contribution in [3.8, 4) is 22.8 Å². The Morgan fingerprint density at radius 2 is 1.69 bits per heavy atom. The second-order valence-corrected chi connectivity index (χ2v) is 8.30. The molecular weight excluding hydrogens is 420 g/mol. The van der Waals surface area contributed by atoms with Crippen molar-refractivity contribution in [1.82, 2.24) is 14.8 Å². The van der Waals surface area contributed by atoms with Crippen molar-refractivity contribution >= 4 is 23.4 Å². The Balaban J connectivity index is 1.61. The lowest BCUT2D eigenvalue weighted by molar-refractivity contribution is -0.113. The molecule has 0 radical (unpaired) electrons. The number of thioether (sulfide) groups is 1. The van der Waals surface area contributed by atoms with E-state index in [0.29, 0.717) is 5.16 Å². The first-order chi connectivity index (χ1) is 15.5. The molecule has 0 bridgehead atoms. The quantitative estimate of drug-likeness (QED) is 0.392. The average molecular weight is 445 g/mol. The highest BCUT2D eigenvalue weighted by atomic mass is 32.2. The number of benzene rings is 3. The molecule has 3 aromatic carbocycles. The fourth-order valence-corrected chi connectivity index (χ4v) is 4.00. The van der Waals surface area contributed by atoms with Crippen LogP contribution in [0.1, 0.15) is 11.1 Å². The second-order valence-electron chi connectivity index (χ2n) is 7.36. The Morgan fingerprint density at radius 3 is 2.38 bits per heavy atom. The van der Waals surface area contributed by atoms with Crippen molar-refractivity contribution in [3.63, 3.8) is 0 Å². The van der Waals surface area contributed by atoms with Gasteiger partial charge < -0.3 is 10.1 Å². The first-order valence-electron chi connectivity index (χ1n) is 10.2. The molecule has 1 N–H and O–H groups in total. The van der Waals surface area contributed by atoms with Crippen LogP contribution in [0, 0.1) is 13.8 Å². The summed E-state index contributed by atoms with van der Waals surface area (Å²) in [5.74, 6) is 1.62. The van der Waals surface area contributed by atoms with Gasteiger partial charge >= 0.3 is 0 Å². The summed E-state index contributed by atoms with van der Waals surface area (Å²) >= 11 is 1.35. The van der Waals surface area contributed by atoms with Crippen LogP contribution >= 0.6 is 11.8 Å². The van der Waals surface area contributed by atoms with Gasteiger partial charge in [-0.2, -0.15) is 0 Å². The average Bonchev–Trinajstić information content (AvgIpc) is 3.24. The monoisotopic (exact) mass is 444 g/mol. The van der Waals surface area contributed by atoms with Gasteiger partial charge in [-0.25, -0.2) is 0 Å². The number of carbonyl (C=O) groups excluding carboxylic acids is 1. The molecule has 32 heavy (non-hydrogen) atoms. The zero-order chi connectivity index (χ0) is 22.5. The molecule has 0 saturated heterocycles. The molecule has 0 aliphatic rings. The molecule has 0 unspecified atom stereocenters. The predicted molar refractivity (Wildman–Crippen MR) is 129 cm³/mol. The summed E-state index contributed by atoms with van der Waals surface area (Å²) in [7, 11) is 1.64. The van der Waals surface area contributed by atoms with Crippen LogP contribution in [0.25, 0.3) is 17.1 Å². The van der Waals surface area contributed by atoms with Gasteiger partial charge in [-0.05, 0) is 49.7 Å². The zero-order valence-electron chi connectivity index (χ0n) is 18.2. The topological polar surface area (TPSA) is 69.0 Å². The van der Waals surface area contributed by atoms with E-state index in [4.69, 9.17) is 4.74 Å². The van der Waals surface area contributed by atoms with E-state index in [2.05, 4.69) is 15.5 Å². The third-order valence-electron chi connectivity index (χ3n) is 5.03. The number of ether oxygens (including phenoxy) is 1. The lowest BCUT2D eigenvalue weighted by atomic mass is 10.1. The maximum absolute atomic E-state index is 12.6. The first-order valence-corrected chi connectivity index (χ1v) is 11.2. The van der Waals surface area contributed by atoms with Gasteiger partial charge in [0.25, 0.3) is 0 Å². The van der Waals surface area contributed by atoms with Crippen LogP contribution in [0.5, 0.6) is 5.75 Å². The maximum Gasteiger partial charge on any atom is 0.234 e. The van der Waals surface area contributed by atoms with Crippen LogP contribution in [-0.4, -0.2) is 33.5 Å². The van der Waals surface area contributed by atoms with Crippen LogP contribution in [-0.2, 0) is 4.79 Å². The minimum Gasteiger partial charge on any atom is -0.497 e. The summed E-state index contributed by atoms with van der Waals surface area (Å²) in [4.78, 5) is 12.6. The van der Waals surface area contributed by atoms with E-state index in [1.54, 1.807) is 7.11 Å². The molecule has 0 aliphatic carbocycles. The van der Waals surface area contributed by atoms with Crippen molar-refractivity contribution in [2.24, 2.45) is 0 Å². The Morgan fingerprint density at radius 1 is 0.969 bits per heavy atom. The third-order valence-corrected chi connectivity index (χ3v) is 5.95. The molecule has 162 valence electrons. The van der Waals surface area contributed by atoms with Crippen LogP contribution in [0.4, 0.5) is 5.69 Å². The van der Waals surface area contributed by atoms with E-state index in [0.717, 1.165) is 34.1 Å². The molecule has 4 rings (SSSR count). The number of aryl methyl sites for hydroxylation is 2. The van der Waals surface area contributed by atoms with Crippen molar-refractivity contribution in [3.05, 3.63) is 83.9 Å². The number of nitrogens with zero attached hydrogens (tertiary/aromatic N) is 3. The third kappa shape index (κ3) is 4.84. The van der Waals surface area contributed by atoms with Crippen molar-refractivity contribution in [1.29, 1.82) is 0 Å². The van der Waals surface area contributed by atoms with E-state index in [9.17, 15) is 4.79 Å². The van der Waals surface area contributed by atoms with E-state index in [1.165, 1.54) is 17.3 Å². The highest BCUT2D eigenvalue weighted by Gasteiger charge is 2.17. The van der Waals surface area contributed by atoms with Crippen LogP contribution in [0.2, 0.25) is 0 Å². The number of methoxy groups -OCH3 is 1. The van der Waals surface area contributed by atoms with E-state index in [-0.39, 0.29) is 11.7 Å². The van der Waals surface area contributed by atoms with E-state index in [1.807, 2.05) is 91.2 Å². The Bertz CT molecular complexity index is 1220. The smallest absolute Gasteiger partial charge is 0.234 e. The molecule has 4 aromatic rings. The van der Waals surface area contributed by atoms with E-state index < -0.39 is 0 Å². The second kappa shape index (κ2) is 9.70. The Hall–Kier alpha value is -3.58. The summed E-state index contributed by atoms with van der Waals surface area (Å²) in [6, 6.07) is 23.6. The van der Waals surface area contributed by atoms with Crippen LogP contribution < -0.4 is 10.1 Å². The molecule has 1 amide bonds. The van der Waals surface area contributed by atoms with Gasteiger partial charge in [-0.3, -0.25) is 9.36 Å². The number of hydrogen-bond donors (Lipinski definition) is 1. The highest BCUT2D eigenvalue weighted by Crippen LogP contribution is 2.29. The SMILES string of the molecule is COc1ccc(-n2c(SCC(=O)Nc3ccccc3C)nnc2-c2ccc(C)cc2)cc1. The molecule has 1 heterocycles. The first kappa shape index (κ1) is 21.6. The largest absolute Gasteiger partial charge is 0.497 e. The van der Waals surface area contributed by atoms with Gasteiger partial charge in [0.15, 0.2) is 11.0 Å². The molecule has 7 heteroatoms. The van der Waals surface area contributed by atoms with Gasteiger partial charge in [0.2, 0.25) is 5.91 Å². The number of anilines is 1. The Labute approximate surface area is 191 Å². The van der Waals surface area contributed by atoms with Crippen molar-refractivity contribution in [2.45, 2.75) is 19.0 Å². The van der Waals surface area contributed by atoms with Crippen LogP contribution in [0.3, 0.4) is 0 Å². The lowest BCUT2D eigenvalue weighted by Gasteiger charge is -2.12. The number of aromatic nitrogens is 3. The Kier molecular flexibility index (Phi) is 6.56. The number of para-hydroxylation sites is 1. The van der Waals surface area contributed by atoms with Crippen molar-refractivity contribution < 1.29 is 9.53 Å². The normalized spacial score (nSPS) is 10.7. The fraction of sp³-hybridized carbons (Fsp3) is 0.160. The summed E-state index contributed by atoms with van der Waals surface area (Å²) in [5, 5.41) is 12.4. The van der Waals surface area contributed by atoms with Gasteiger partial charge in [0, 0.05) is 16.9 Å². The standard InChI is InChI=1S/C25H24N4O2S/c1-17-8-10-19(11-9-17)24-27-28-25(29(24)20-12-14-21(31-3)15-13-20)32-16-23(30)26-22-7-5-4-6-18(22)2/h4-15H,16H2,1-3H3,(H,26,30). The summed E-state index contributed by atoms with van der Waals surface area (Å²) in [5.41, 5.74) is 4.86. The van der Waals surface area contributed by atoms with Crippen LogP contribution in [0.15, 0.2) is 78.0 Å². The number of carbonyl (C=O) groups is 1. The summed E-state index contributed by atoms with van der Waals surface area (Å²) < 4.78 is 7.26.